The highest BCUT2D eigenvalue weighted by atomic mass is 16.2. The van der Waals surface area contributed by atoms with Gasteiger partial charge in [0.2, 0.25) is 5.91 Å². The van der Waals surface area contributed by atoms with Gasteiger partial charge in [0.05, 0.1) is 6.54 Å². The number of rotatable bonds is 5. The molecular weight excluding hydrogens is 310 g/mol. The summed E-state index contributed by atoms with van der Waals surface area (Å²) in [7, 11) is 5.98. The lowest BCUT2D eigenvalue weighted by atomic mass is 9.79. The van der Waals surface area contributed by atoms with Crippen LogP contribution in [0.2, 0.25) is 0 Å². The highest BCUT2D eigenvalue weighted by molar-refractivity contribution is 6.39. The zero-order valence-electron chi connectivity index (χ0n) is 14.2. The van der Waals surface area contributed by atoms with Crippen LogP contribution in [0.15, 0.2) is 5.10 Å². The average molecular weight is 333 g/mol. The summed E-state index contributed by atoms with van der Waals surface area (Å²) >= 11 is 0. The van der Waals surface area contributed by atoms with Crippen molar-refractivity contribution in [1.29, 1.82) is 0 Å². The molecule has 24 heavy (non-hydrogen) atoms. The van der Waals surface area contributed by atoms with Crippen LogP contribution in [0.1, 0.15) is 43.3 Å². The zero-order valence-corrected chi connectivity index (χ0v) is 14.2. The minimum atomic E-state index is -0.190. The number of hydrazone groups is 1. The summed E-state index contributed by atoms with van der Waals surface area (Å²) in [5.74, 6) is 1.89. The minimum Gasteiger partial charge on any atom is -0.348 e. The molecule has 1 aliphatic carbocycles. The number of nitrogens with one attached hydrogen (secondary N) is 2. The molecule has 0 radical (unpaired) electrons. The van der Waals surface area contributed by atoms with E-state index in [0.717, 1.165) is 31.0 Å². The molecule has 2 heterocycles. The van der Waals surface area contributed by atoms with Crippen molar-refractivity contribution < 1.29 is 9.59 Å². The van der Waals surface area contributed by atoms with Crippen molar-refractivity contribution in [3.63, 3.8) is 0 Å². The third-order valence-corrected chi connectivity index (χ3v) is 4.46. The van der Waals surface area contributed by atoms with E-state index in [1.54, 1.807) is 0 Å². The van der Waals surface area contributed by atoms with Gasteiger partial charge in [-0.3, -0.25) is 9.59 Å². The molecular formula is C15H23N7O2. The Morgan fingerprint density at radius 1 is 1.33 bits per heavy atom. The molecule has 3 rings (SSSR count). The topological polar surface area (TPSA) is 105 Å². The fraction of sp³-hybridized carbons (Fsp3) is 0.667. The monoisotopic (exact) mass is 333 g/mol. The molecule has 9 nitrogen and oxygen atoms in total. The Kier molecular flexibility index (Phi) is 4.61. The molecule has 1 fully saturated rings. The Morgan fingerprint density at radius 2 is 2.08 bits per heavy atom. The van der Waals surface area contributed by atoms with Crippen LogP contribution in [0.4, 0.5) is 0 Å². The van der Waals surface area contributed by atoms with E-state index < -0.39 is 0 Å². The number of hydrogen-bond donors (Lipinski definition) is 2. The third kappa shape index (κ3) is 3.45. The van der Waals surface area contributed by atoms with Crippen molar-refractivity contribution in [2.45, 2.75) is 44.2 Å². The molecule has 1 aromatic rings. The van der Waals surface area contributed by atoms with E-state index in [0.29, 0.717) is 24.5 Å². The van der Waals surface area contributed by atoms with Crippen molar-refractivity contribution in [1.82, 2.24) is 30.4 Å². The number of hydrogen-bond acceptors (Lipinski definition) is 6. The summed E-state index contributed by atoms with van der Waals surface area (Å²) in [6.07, 6.45) is 2.40. The molecule has 2 amide bonds. The molecule has 0 bridgehead atoms. The van der Waals surface area contributed by atoms with E-state index in [9.17, 15) is 9.59 Å². The summed E-state index contributed by atoms with van der Waals surface area (Å²) in [4.78, 5) is 25.2. The standard InChI is InChI=1S/C15H23N7O2/c1-21(2)8-12-18-20-14(22(12)3)9-6-10(7-9)16-15(24)11-4-5-13(23)19-17-11/h9-10H,4-8H2,1-3H3,(H,16,24)(H,19,23). The molecule has 1 saturated carbocycles. The maximum absolute atomic E-state index is 12.1. The van der Waals surface area contributed by atoms with Gasteiger partial charge in [0, 0.05) is 31.8 Å². The predicted octanol–water partition coefficient (Wildman–Crippen LogP) is -0.495. The quantitative estimate of drug-likeness (QED) is 0.756. The van der Waals surface area contributed by atoms with Crippen molar-refractivity contribution in [2.24, 2.45) is 12.1 Å². The Balaban J connectivity index is 1.52. The van der Waals surface area contributed by atoms with Crippen LogP contribution >= 0.6 is 0 Å². The summed E-state index contributed by atoms with van der Waals surface area (Å²) in [6, 6.07) is 0.122. The molecule has 0 saturated heterocycles. The molecule has 130 valence electrons. The maximum atomic E-state index is 12.1. The fourth-order valence-corrected chi connectivity index (χ4v) is 3.00. The summed E-state index contributed by atoms with van der Waals surface area (Å²) in [5, 5.41) is 15.3. The maximum Gasteiger partial charge on any atom is 0.267 e. The normalized spacial score (nSPS) is 23.5. The molecule has 9 heteroatoms. The van der Waals surface area contributed by atoms with E-state index in [4.69, 9.17) is 0 Å². The number of aromatic nitrogens is 3. The smallest absolute Gasteiger partial charge is 0.267 e. The first kappa shape index (κ1) is 16.6. The van der Waals surface area contributed by atoms with E-state index >= 15 is 0 Å². The van der Waals surface area contributed by atoms with Crippen LogP contribution in [0.3, 0.4) is 0 Å². The van der Waals surface area contributed by atoms with E-state index in [-0.39, 0.29) is 17.9 Å². The Labute approximate surface area is 140 Å². The molecule has 0 unspecified atom stereocenters. The van der Waals surface area contributed by atoms with E-state index in [1.807, 2.05) is 25.7 Å². The van der Waals surface area contributed by atoms with Gasteiger partial charge < -0.3 is 14.8 Å². The first-order chi connectivity index (χ1) is 11.4. The van der Waals surface area contributed by atoms with E-state index in [2.05, 4.69) is 30.9 Å². The van der Waals surface area contributed by atoms with Crippen molar-refractivity contribution >= 4 is 17.5 Å². The number of amides is 2. The fourth-order valence-electron chi connectivity index (χ4n) is 3.00. The van der Waals surface area contributed by atoms with Crippen molar-refractivity contribution in [3.8, 4) is 0 Å². The predicted molar refractivity (Wildman–Crippen MR) is 87.1 cm³/mol. The summed E-state index contributed by atoms with van der Waals surface area (Å²) < 4.78 is 2.05. The number of carbonyl (C=O) groups is 2. The number of carbonyl (C=O) groups excluding carboxylic acids is 2. The lowest BCUT2D eigenvalue weighted by Crippen LogP contribution is -2.47. The molecule has 0 atom stereocenters. The first-order valence-electron chi connectivity index (χ1n) is 8.13. The number of nitrogens with zero attached hydrogens (tertiary/aromatic N) is 5. The SMILES string of the molecule is CN(C)Cc1nnc(C2CC(NC(=O)C3=NNC(=O)CC3)C2)n1C. The van der Waals surface area contributed by atoms with Crippen LogP contribution in [-0.4, -0.2) is 57.3 Å². The van der Waals surface area contributed by atoms with Gasteiger partial charge in [-0.2, -0.15) is 5.10 Å². The third-order valence-electron chi connectivity index (χ3n) is 4.46. The lowest BCUT2D eigenvalue weighted by molar-refractivity contribution is -0.121. The largest absolute Gasteiger partial charge is 0.348 e. The molecule has 0 spiro atoms. The highest BCUT2D eigenvalue weighted by Gasteiger charge is 2.35. The minimum absolute atomic E-state index is 0.122. The van der Waals surface area contributed by atoms with Crippen LogP contribution in [0.5, 0.6) is 0 Å². The second-order valence-electron chi connectivity index (χ2n) is 6.70. The molecule has 2 aliphatic rings. The summed E-state index contributed by atoms with van der Waals surface area (Å²) in [6.45, 7) is 0.752. The van der Waals surface area contributed by atoms with Crippen molar-refractivity contribution in [3.05, 3.63) is 11.6 Å². The lowest BCUT2D eigenvalue weighted by Gasteiger charge is -2.35. The van der Waals surface area contributed by atoms with Gasteiger partial charge in [-0.05, 0) is 26.9 Å². The Hall–Kier alpha value is -2.29. The second kappa shape index (κ2) is 6.68. The van der Waals surface area contributed by atoms with Gasteiger partial charge >= 0.3 is 0 Å². The molecule has 2 N–H and O–H groups in total. The second-order valence-corrected chi connectivity index (χ2v) is 6.70. The highest BCUT2D eigenvalue weighted by Crippen LogP contribution is 2.35. The van der Waals surface area contributed by atoms with Gasteiger partial charge in [0.15, 0.2) is 0 Å². The van der Waals surface area contributed by atoms with E-state index in [1.165, 1.54) is 0 Å². The van der Waals surface area contributed by atoms with Gasteiger partial charge in [0.25, 0.3) is 5.91 Å². The Bertz CT molecular complexity index is 673. The molecule has 1 aromatic heterocycles. The van der Waals surface area contributed by atoms with Gasteiger partial charge in [-0.15, -0.1) is 10.2 Å². The van der Waals surface area contributed by atoms with Gasteiger partial charge in [0.1, 0.15) is 17.4 Å². The van der Waals surface area contributed by atoms with Gasteiger partial charge in [-0.1, -0.05) is 0 Å². The molecule has 1 aliphatic heterocycles. The van der Waals surface area contributed by atoms with Crippen LogP contribution in [0.25, 0.3) is 0 Å². The summed E-state index contributed by atoms with van der Waals surface area (Å²) in [5.41, 5.74) is 2.74. The average Bonchev–Trinajstić information content (AvgIpc) is 2.83. The van der Waals surface area contributed by atoms with Crippen molar-refractivity contribution in [2.75, 3.05) is 14.1 Å². The first-order valence-corrected chi connectivity index (χ1v) is 8.13. The zero-order chi connectivity index (χ0) is 17.3. The molecule has 0 aromatic carbocycles. The van der Waals surface area contributed by atoms with Crippen LogP contribution in [0, 0.1) is 0 Å². The Morgan fingerprint density at radius 3 is 2.71 bits per heavy atom. The van der Waals surface area contributed by atoms with Gasteiger partial charge in [-0.25, -0.2) is 5.43 Å². The van der Waals surface area contributed by atoms with Crippen LogP contribution < -0.4 is 10.7 Å². The van der Waals surface area contributed by atoms with Crippen LogP contribution in [-0.2, 0) is 23.2 Å².